The molecule has 1 unspecified atom stereocenters. The highest BCUT2D eigenvalue weighted by molar-refractivity contribution is 5.85. The summed E-state index contributed by atoms with van der Waals surface area (Å²) in [4.78, 5) is 20.8. The Hall–Kier alpha value is -2.41. The Morgan fingerprint density at radius 3 is 2.80 bits per heavy atom. The monoisotopic (exact) mass is 281 g/mol. The van der Waals surface area contributed by atoms with E-state index < -0.39 is 10.9 Å². The second kappa shape index (κ2) is 7.25. The largest absolute Gasteiger partial charge is 0.484 e. The van der Waals surface area contributed by atoms with E-state index in [0.717, 1.165) is 6.08 Å². The molecule has 1 atom stereocenters. The first-order valence-electron chi connectivity index (χ1n) is 5.79. The average Bonchev–Trinajstić information content (AvgIpc) is 2.42. The van der Waals surface area contributed by atoms with E-state index in [1.165, 1.54) is 31.4 Å². The van der Waals surface area contributed by atoms with E-state index in [1.54, 1.807) is 6.92 Å². The number of carboxylic acids is 1. The summed E-state index contributed by atoms with van der Waals surface area (Å²) >= 11 is 0. The number of hydrogen-bond donors (Lipinski definition) is 1. The summed E-state index contributed by atoms with van der Waals surface area (Å²) in [5.41, 5.74) is 0.318. The highest BCUT2D eigenvalue weighted by Gasteiger charge is 2.16. The maximum absolute atomic E-state index is 10.9. The van der Waals surface area contributed by atoms with Crippen molar-refractivity contribution in [3.8, 4) is 5.75 Å². The fourth-order valence-corrected chi connectivity index (χ4v) is 1.34. The average molecular weight is 281 g/mol. The van der Waals surface area contributed by atoms with Crippen LogP contribution in [0.1, 0.15) is 12.5 Å². The summed E-state index contributed by atoms with van der Waals surface area (Å²) in [6.45, 7) is 1.92. The first kappa shape index (κ1) is 15.6. The van der Waals surface area contributed by atoms with Gasteiger partial charge in [0.25, 0.3) is 0 Å². The van der Waals surface area contributed by atoms with Crippen molar-refractivity contribution >= 4 is 17.7 Å². The third kappa shape index (κ3) is 4.69. The number of ether oxygens (including phenoxy) is 2. The van der Waals surface area contributed by atoms with Crippen LogP contribution in [0.5, 0.6) is 5.75 Å². The number of nitrogens with zero attached hydrogens (tertiary/aromatic N) is 1. The lowest BCUT2D eigenvalue weighted by molar-refractivity contribution is -0.385. The van der Waals surface area contributed by atoms with Gasteiger partial charge >= 0.3 is 11.7 Å². The molecule has 0 amide bonds. The van der Waals surface area contributed by atoms with Gasteiger partial charge in [0.2, 0.25) is 0 Å². The van der Waals surface area contributed by atoms with E-state index in [1.807, 2.05) is 0 Å². The standard InChI is InChI=1S/C13H15NO6/c1-9(19-2)8-20-12-7-10(4-6-13(15)16)3-5-11(12)14(17)18/h3-7,9H,8H2,1-2H3,(H,15,16)/b6-4+. The SMILES string of the molecule is COC(C)COc1cc(/C=C/C(=O)O)ccc1[N+](=O)[O-]. The number of nitro groups is 1. The van der Waals surface area contributed by atoms with Crippen molar-refractivity contribution in [3.05, 3.63) is 40.0 Å². The van der Waals surface area contributed by atoms with Gasteiger partial charge in [-0.25, -0.2) is 4.79 Å². The van der Waals surface area contributed by atoms with Crippen LogP contribution in [-0.4, -0.2) is 35.8 Å². The van der Waals surface area contributed by atoms with Crippen LogP contribution >= 0.6 is 0 Å². The minimum atomic E-state index is -1.10. The van der Waals surface area contributed by atoms with Crippen LogP contribution in [0, 0.1) is 10.1 Å². The van der Waals surface area contributed by atoms with Crippen molar-refractivity contribution in [2.75, 3.05) is 13.7 Å². The van der Waals surface area contributed by atoms with Gasteiger partial charge in [-0.2, -0.15) is 0 Å². The molecule has 1 rings (SSSR count). The van der Waals surface area contributed by atoms with E-state index in [-0.39, 0.29) is 24.1 Å². The zero-order valence-corrected chi connectivity index (χ0v) is 11.1. The molecule has 0 saturated carbocycles. The minimum Gasteiger partial charge on any atom is -0.484 e. The smallest absolute Gasteiger partial charge is 0.328 e. The number of methoxy groups -OCH3 is 1. The topological polar surface area (TPSA) is 98.9 Å². The van der Waals surface area contributed by atoms with Crippen LogP contribution < -0.4 is 4.74 Å². The van der Waals surface area contributed by atoms with Gasteiger partial charge in [-0.05, 0) is 30.7 Å². The summed E-state index contributed by atoms with van der Waals surface area (Å²) in [7, 11) is 1.51. The van der Waals surface area contributed by atoms with Gasteiger partial charge in [-0.15, -0.1) is 0 Å². The van der Waals surface area contributed by atoms with E-state index in [4.69, 9.17) is 14.6 Å². The summed E-state index contributed by atoms with van der Waals surface area (Å²) in [5.74, 6) is -1.02. The van der Waals surface area contributed by atoms with Gasteiger partial charge in [-0.3, -0.25) is 10.1 Å². The van der Waals surface area contributed by atoms with Crippen LogP contribution in [0.3, 0.4) is 0 Å². The molecule has 0 fully saturated rings. The highest BCUT2D eigenvalue weighted by atomic mass is 16.6. The molecule has 108 valence electrons. The van der Waals surface area contributed by atoms with Gasteiger partial charge in [-0.1, -0.05) is 0 Å². The van der Waals surface area contributed by atoms with Crippen LogP contribution in [0.25, 0.3) is 6.08 Å². The second-order valence-electron chi connectivity index (χ2n) is 4.01. The Morgan fingerprint density at radius 2 is 2.25 bits per heavy atom. The zero-order valence-electron chi connectivity index (χ0n) is 11.1. The number of carboxylic acid groups (broad SMARTS) is 1. The molecule has 0 aliphatic heterocycles. The lowest BCUT2D eigenvalue weighted by atomic mass is 10.1. The molecular formula is C13H15NO6. The summed E-state index contributed by atoms with van der Waals surface area (Å²) < 4.78 is 10.3. The lowest BCUT2D eigenvalue weighted by Gasteiger charge is -2.11. The molecule has 0 spiro atoms. The normalized spacial score (nSPS) is 12.3. The van der Waals surface area contributed by atoms with Crippen molar-refractivity contribution in [1.29, 1.82) is 0 Å². The Morgan fingerprint density at radius 1 is 1.55 bits per heavy atom. The number of aliphatic carboxylic acids is 1. The van der Waals surface area contributed by atoms with E-state index in [2.05, 4.69) is 0 Å². The third-order valence-corrected chi connectivity index (χ3v) is 2.47. The molecule has 0 bridgehead atoms. The molecule has 7 heteroatoms. The summed E-state index contributed by atoms with van der Waals surface area (Å²) in [6, 6.07) is 4.14. The molecule has 0 saturated heterocycles. The van der Waals surface area contributed by atoms with E-state index in [0.29, 0.717) is 5.56 Å². The molecule has 1 aromatic carbocycles. The number of carbonyl (C=O) groups is 1. The molecule has 0 radical (unpaired) electrons. The van der Waals surface area contributed by atoms with Gasteiger partial charge in [0.15, 0.2) is 5.75 Å². The van der Waals surface area contributed by atoms with Gasteiger partial charge in [0.1, 0.15) is 6.61 Å². The van der Waals surface area contributed by atoms with Crippen LogP contribution in [0.2, 0.25) is 0 Å². The Balaban J connectivity index is 2.99. The van der Waals surface area contributed by atoms with Crippen LogP contribution in [-0.2, 0) is 9.53 Å². The minimum absolute atomic E-state index is 0.0754. The maximum Gasteiger partial charge on any atom is 0.328 e. The molecular weight excluding hydrogens is 266 g/mol. The Bertz CT molecular complexity index is 526. The third-order valence-electron chi connectivity index (χ3n) is 2.47. The van der Waals surface area contributed by atoms with Crippen molar-refractivity contribution in [2.45, 2.75) is 13.0 Å². The molecule has 0 aliphatic carbocycles. The predicted octanol–water partition coefficient (Wildman–Crippen LogP) is 2.11. The molecule has 7 nitrogen and oxygen atoms in total. The fraction of sp³-hybridized carbons (Fsp3) is 0.308. The fourth-order valence-electron chi connectivity index (χ4n) is 1.34. The van der Waals surface area contributed by atoms with Crippen molar-refractivity contribution in [1.82, 2.24) is 0 Å². The molecule has 0 heterocycles. The van der Waals surface area contributed by atoms with Crippen molar-refractivity contribution in [2.24, 2.45) is 0 Å². The predicted molar refractivity (Wildman–Crippen MR) is 71.7 cm³/mol. The number of hydrogen-bond acceptors (Lipinski definition) is 5. The quantitative estimate of drug-likeness (QED) is 0.467. The second-order valence-corrected chi connectivity index (χ2v) is 4.01. The van der Waals surface area contributed by atoms with Gasteiger partial charge < -0.3 is 14.6 Å². The van der Waals surface area contributed by atoms with Gasteiger partial charge in [0, 0.05) is 19.3 Å². The molecule has 0 aromatic heterocycles. The number of nitro benzene ring substituents is 1. The van der Waals surface area contributed by atoms with Crippen molar-refractivity contribution in [3.63, 3.8) is 0 Å². The molecule has 1 N–H and O–H groups in total. The summed E-state index contributed by atoms with van der Waals surface area (Å²) in [5, 5.41) is 19.4. The van der Waals surface area contributed by atoms with Crippen LogP contribution in [0.4, 0.5) is 5.69 Å². The van der Waals surface area contributed by atoms with E-state index in [9.17, 15) is 14.9 Å². The first-order chi connectivity index (χ1) is 9.43. The van der Waals surface area contributed by atoms with Gasteiger partial charge in [0.05, 0.1) is 11.0 Å². The zero-order chi connectivity index (χ0) is 15.1. The van der Waals surface area contributed by atoms with E-state index >= 15 is 0 Å². The summed E-state index contributed by atoms with van der Waals surface area (Å²) in [6.07, 6.45) is 2.06. The first-order valence-corrected chi connectivity index (χ1v) is 5.79. The lowest BCUT2D eigenvalue weighted by Crippen LogP contribution is -2.16. The highest BCUT2D eigenvalue weighted by Crippen LogP contribution is 2.28. The number of rotatable bonds is 7. The van der Waals surface area contributed by atoms with Crippen LogP contribution in [0.15, 0.2) is 24.3 Å². The molecule has 0 aliphatic rings. The Labute approximate surface area is 115 Å². The molecule has 1 aromatic rings. The number of benzene rings is 1. The maximum atomic E-state index is 10.9. The Kier molecular flexibility index (Phi) is 5.67. The van der Waals surface area contributed by atoms with Crippen molar-refractivity contribution < 1.29 is 24.3 Å². The molecule has 20 heavy (non-hydrogen) atoms.